The molecule has 0 fully saturated rings. The maximum Gasteiger partial charge on any atom is 0.326 e. The molecule has 29 heavy (non-hydrogen) atoms. The molecule has 0 bridgehead atoms. The minimum atomic E-state index is -3.99. The Balaban J connectivity index is 2.32. The molecule has 3 aromatic rings. The summed E-state index contributed by atoms with van der Waals surface area (Å²) in [6.45, 7) is 1.68. The van der Waals surface area contributed by atoms with Crippen LogP contribution in [-0.2, 0) is 26.1 Å². The minimum absolute atomic E-state index is 0.0547. The van der Waals surface area contributed by atoms with Gasteiger partial charge >= 0.3 is 5.97 Å². The molecule has 0 aliphatic carbocycles. The van der Waals surface area contributed by atoms with Crippen molar-refractivity contribution in [1.82, 2.24) is 4.57 Å². The van der Waals surface area contributed by atoms with E-state index in [1.54, 1.807) is 37.3 Å². The van der Waals surface area contributed by atoms with Gasteiger partial charge in [-0.3, -0.25) is 4.79 Å². The molecule has 3 rings (SSSR count). The van der Waals surface area contributed by atoms with E-state index in [0.717, 1.165) is 11.3 Å². The van der Waals surface area contributed by atoms with Crippen molar-refractivity contribution in [3.05, 3.63) is 47.3 Å². The van der Waals surface area contributed by atoms with Gasteiger partial charge in [0.15, 0.2) is 0 Å². The largest absolute Gasteiger partial charge is 0.495 e. The number of ether oxygens (including phenoxy) is 3. The number of methoxy groups -OCH3 is 2. The molecule has 0 radical (unpaired) electrons. The number of hydrogen-bond donors (Lipinski definition) is 0. The van der Waals surface area contributed by atoms with E-state index in [1.807, 2.05) is 0 Å². The van der Waals surface area contributed by atoms with Crippen LogP contribution in [0.25, 0.3) is 10.2 Å². The van der Waals surface area contributed by atoms with Crippen LogP contribution in [-0.4, -0.2) is 39.8 Å². The van der Waals surface area contributed by atoms with Crippen LogP contribution < -0.4 is 14.3 Å². The van der Waals surface area contributed by atoms with Crippen molar-refractivity contribution in [3.8, 4) is 11.5 Å². The Bertz CT molecular complexity index is 1200. The molecule has 0 saturated carbocycles. The number of carbonyl (C=O) groups excluding carboxylic acids is 1. The summed E-state index contributed by atoms with van der Waals surface area (Å²) in [5.41, 5.74) is 0.506. The molecule has 2 aromatic carbocycles. The highest BCUT2D eigenvalue weighted by molar-refractivity contribution is 7.90. The highest BCUT2D eigenvalue weighted by Gasteiger charge is 2.20. The van der Waals surface area contributed by atoms with Crippen molar-refractivity contribution in [2.75, 3.05) is 20.8 Å². The number of esters is 1. The molecular weight excluding hydrogens is 416 g/mol. The van der Waals surface area contributed by atoms with Gasteiger partial charge in [0, 0.05) is 0 Å². The predicted octanol–water partition coefficient (Wildman–Crippen LogP) is 2.57. The molecule has 0 saturated heterocycles. The normalized spacial score (nSPS) is 12.2. The summed E-state index contributed by atoms with van der Waals surface area (Å²) in [5.74, 6) is 0.456. The molecular formula is C19H20N2O6S2. The van der Waals surface area contributed by atoms with Gasteiger partial charge in [0.1, 0.15) is 28.3 Å². The molecule has 0 amide bonds. The van der Waals surface area contributed by atoms with E-state index in [4.69, 9.17) is 14.2 Å². The lowest BCUT2D eigenvalue weighted by molar-refractivity contribution is -0.143. The van der Waals surface area contributed by atoms with E-state index in [9.17, 15) is 13.2 Å². The zero-order valence-electron chi connectivity index (χ0n) is 16.1. The number of carbonyl (C=O) groups is 1. The molecule has 0 aliphatic rings. The number of rotatable bonds is 7. The van der Waals surface area contributed by atoms with Gasteiger partial charge in [-0.2, -0.15) is 8.42 Å². The van der Waals surface area contributed by atoms with E-state index < -0.39 is 16.0 Å². The summed E-state index contributed by atoms with van der Waals surface area (Å²) in [7, 11) is -0.991. The van der Waals surface area contributed by atoms with E-state index in [1.165, 1.54) is 30.9 Å². The molecule has 154 valence electrons. The number of nitrogens with zero attached hydrogens (tertiary/aromatic N) is 2. The third kappa shape index (κ3) is 4.28. The lowest BCUT2D eigenvalue weighted by Crippen LogP contribution is -2.23. The first-order chi connectivity index (χ1) is 13.9. The van der Waals surface area contributed by atoms with Crippen LogP contribution >= 0.6 is 11.3 Å². The summed E-state index contributed by atoms with van der Waals surface area (Å²) in [6, 6.07) is 11.3. The van der Waals surface area contributed by atoms with Crippen LogP contribution in [0.1, 0.15) is 6.92 Å². The van der Waals surface area contributed by atoms with E-state index >= 15 is 0 Å². The van der Waals surface area contributed by atoms with Crippen molar-refractivity contribution >= 4 is 37.5 Å². The Morgan fingerprint density at radius 2 is 1.72 bits per heavy atom. The first-order valence-corrected chi connectivity index (χ1v) is 10.9. The molecule has 0 N–H and O–H groups in total. The van der Waals surface area contributed by atoms with Crippen molar-refractivity contribution in [1.29, 1.82) is 0 Å². The van der Waals surface area contributed by atoms with Crippen molar-refractivity contribution in [3.63, 3.8) is 0 Å². The molecule has 8 nitrogen and oxygen atoms in total. The Labute approximate surface area is 172 Å². The summed E-state index contributed by atoms with van der Waals surface area (Å²) in [5, 5.41) is 0. The Kier molecular flexibility index (Phi) is 6.23. The van der Waals surface area contributed by atoms with E-state index in [0.29, 0.717) is 21.7 Å². The third-order valence-electron chi connectivity index (χ3n) is 4.02. The van der Waals surface area contributed by atoms with Crippen LogP contribution in [0, 0.1) is 0 Å². The Morgan fingerprint density at radius 3 is 2.34 bits per heavy atom. The Morgan fingerprint density at radius 1 is 1.07 bits per heavy atom. The first kappa shape index (κ1) is 20.9. The number of hydrogen-bond acceptors (Lipinski definition) is 7. The summed E-state index contributed by atoms with van der Waals surface area (Å²) in [4.78, 5) is 12.4. The smallest absolute Gasteiger partial charge is 0.326 e. The predicted molar refractivity (Wildman–Crippen MR) is 109 cm³/mol. The third-order valence-corrected chi connectivity index (χ3v) is 6.51. The average Bonchev–Trinajstić information content (AvgIpc) is 3.05. The fourth-order valence-corrected chi connectivity index (χ4v) is 5.12. The van der Waals surface area contributed by atoms with Gasteiger partial charge in [0.2, 0.25) is 4.80 Å². The van der Waals surface area contributed by atoms with E-state index in [-0.39, 0.29) is 22.8 Å². The number of thiazole rings is 1. The minimum Gasteiger partial charge on any atom is -0.495 e. The molecule has 1 heterocycles. The zero-order valence-corrected chi connectivity index (χ0v) is 17.7. The van der Waals surface area contributed by atoms with Gasteiger partial charge in [0.05, 0.1) is 25.7 Å². The summed E-state index contributed by atoms with van der Waals surface area (Å²) < 4.78 is 47.5. The average molecular weight is 437 g/mol. The van der Waals surface area contributed by atoms with Gasteiger partial charge in [-0.25, -0.2) is 0 Å². The van der Waals surface area contributed by atoms with Crippen molar-refractivity contribution in [2.24, 2.45) is 4.40 Å². The highest BCUT2D eigenvalue weighted by atomic mass is 32.2. The molecule has 0 aliphatic heterocycles. The van der Waals surface area contributed by atoms with Crippen LogP contribution in [0.15, 0.2) is 51.8 Å². The number of sulfonamides is 1. The van der Waals surface area contributed by atoms with Crippen LogP contribution in [0.2, 0.25) is 0 Å². The van der Waals surface area contributed by atoms with Gasteiger partial charge in [-0.05, 0) is 31.2 Å². The quantitative estimate of drug-likeness (QED) is 0.528. The second kappa shape index (κ2) is 8.66. The summed E-state index contributed by atoms with van der Waals surface area (Å²) >= 11 is 1.09. The monoisotopic (exact) mass is 436 g/mol. The molecule has 10 heteroatoms. The summed E-state index contributed by atoms with van der Waals surface area (Å²) in [6.07, 6.45) is 0. The maximum absolute atomic E-state index is 12.8. The number of fused-ring (bicyclic) bond motifs is 1. The standard InChI is InChI=1S/C19H20N2O6S2/c1-4-27-16(22)12-21-17-14(25-2)10-11-15(26-3)18(17)28-19(21)20-29(23,24)13-8-6-5-7-9-13/h5-11H,4,12H2,1-3H3/b20-19-. The van der Waals surface area contributed by atoms with Gasteiger partial charge in [-0.15, -0.1) is 4.40 Å². The van der Waals surface area contributed by atoms with Crippen LogP contribution in [0.3, 0.4) is 0 Å². The molecule has 1 aromatic heterocycles. The van der Waals surface area contributed by atoms with Gasteiger partial charge in [0.25, 0.3) is 10.0 Å². The lowest BCUT2D eigenvalue weighted by atomic mass is 10.3. The van der Waals surface area contributed by atoms with Gasteiger partial charge in [-0.1, -0.05) is 29.5 Å². The van der Waals surface area contributed by atoms with Gasteiger partial charge < -0.3 is 18.8 Å². The Hall–Kier alpha value is -2.85. The van der Waals surface area contributed by atoms with Crippen LogP contribution in [0.5, 0.6) is 11.5 Å². The first-order valence-electron chi connectivity index (χ1n) is 8.67. The fraction of sp³-hybridized carbons (Fsp3) is 0.263. The number of aromatic nitrogens is 1. The number of benzene rings is 2. The molecule has 0 unspecified atom stereocenters. The molecule has 0 atom stereocenters. The highest BCUT2D eigenvalue weighted by Crippen LogP contribution is 2.35. The van der Waals surface area contributed by atoms with Crippen LogP contribution in [0.4, 0.5) is 0 Å². The SMILES string of the molecule is CCOC(=O)Cn1/c(=N/S(=O)(=O)c2ccccc2)sc2c(OC)ccc(OC)c21. The second-order valence-corrected chi connectivity index (χ2v) is 8.38. The zero-order chi connectivity index (χ0) is 21.0. The van der Waals surface area contributed by atoms with E-state index in [2.05, 4.69) is 4.40 Å². The lowest BCUT2D eigenvalue weighted by Gasteiger charge is -2.10. The molecule has 0 spiro atoms. The second-order valence-electron chi connectivity index (χ2n) is 5.80. The topological polar surface area (TPSA) is 96.2 Å². The van der Waals surface area contributed by atoms with Crippen molar-refractivity contribution < 1.29 is 27.4 Å². The maximum atomic E-state index is 12.8. The van der Waals surface area contributed by atoms with Crippen molar-refractivity contribution in [2.45, 2.75) is 18.4 Å². The fourth-order valence-electron chi connectivity index (χ4n) is 2.75.